The van der Waals surface area contributed by atoms with Crippen LogP contribution in [-0.2, 0) is 4.79 Å². The van der Waals surface area contributed by atoms with Gasteiger partial charge in [-0.1, -0.05) is 32.4 Å². The van der Waals surface area contributed by atoms with Gasteiger partial charge in [0.05, 0.1) is 0 Å². The van der Waals surface area contributed by atoms with Crippen molar-refractivity contribution in [3.8, 4) is 0 Å². The van der Waals surface area contributed by atoms with Crippen molar-refractivity contribution < 1.29 is 4.79 Å². The van der Waals surface area contributed by atoms with Crippen molar-refractivity contribution in [2.45, 2.75) is 27.2 Å². The Labute approximate surface area is 72.4 Å². The van der Waals surface area contributed by atoms with E-state index in [4.69, 9.17) is 11.6 Å². The first kappa shape index (κ1) is 8.79. The summed E-state index contributed by atoms with van der Waals surface area (Å²) in [6, 6.07) is 0. The fraction of sp³-hybridized carbons (Fsp3) is 0.667. The molecule has 0 aromatic carbocycles. The Bertz CT molecular complexity index is 216. The standard InChI is InChI=1S/C9H13ClO/c1-6-8(11)4-7(10)5-9(6,2)3/h4,6H,5H2,1-3H3. The lowest BCUT2D eigenvalue weighted by Gasteiger charge is -2.33. The van der Waals surface area contributed by atoms with Gasteiger partial charge in [-0.25, -0.2) is 0 Å². The van der Waals surface area contributed by atoms with Crippen molar-refractivity contribution in [1.29, 1.82) is 0 Å². The molecule has 11 heavy (non-hydrogen) atoms. The quantitative estimate of drug-likeness (QED) is 0.549. The Balaban J connectivity index is 2.94. The third kappa shape index (κ3) is 1.64. The third-order valence-electron chi connectivity index (χ3n) is 2.52. The molecular weight excluding hydrogens is 160 g/mol. The van der Waals surface area contributed by atoms with Gasteiger partial charge in [-0.2, -0.15) is 0 Å². The molecule has 1 atom stereocenters. The van der Waals surface area contributed by atoms with E-state index in [-0.39, 0.29) is 17.1 Å². The number of halogens is 1. The predicted molar refractivity (Wildman–Crippen MR) is 46.5 cm³/mol. The molecule has 0 N–H and O–H groups in total. The molecule has 1 aliphatic rings. The van der Waals surface area contributed by atoms with Gasteiger partial charge in [0, 0.05) is 11.0 Å². The number of hydrogen-bond acceptors (Lipinski definition) is 1. The molecule has 0 fully saturated rings. The van der Waals surface area contributed by atoms with Gasteiger partial charge >= 0.3 is 0 Å². The van der Waals surface area contributed by atoms with Crippen LogP contribution < -0.4 is 0 Å². The Morgan fingerprint density at radius 2 is 2.18 bits per heavy atom. The topological polar surface area (TPSA) is 17.1 Å². The van der Waals surface area contributed by atoms with Crippen molar-refractivity contribution in [2.75, 3.05) is 0 Å². The van der Waals surface area contributed by atoms with Gasteiger partial charge in [0.1, 0.15) is 0 Å². The summed E-state index contributed by atoms with van der Waals surface area (Å²) in [4.78, 5) is 11.3. The molecule has 0 heterocycles. The van der Waals surface area contributed by atoms with E-state index in [0.29, 0.717) is 5.03 Å². The first-order valence-electron chi connectivity index (χ1n) is 3.83. The third-order valence-corrected chi connectivity index (χ3v) is 2.77. The highest BCUT2D eigenvalue weighted by Gasteiger charge is 2.34. The summed E-state index contributed by atoms with van der Waals surface area (Å²) in [7, 11) is 0. The molecule has 0 spiro atoms. The number of allylic oxidation sites excluding steroid dienone is 2. The van der Waals surface area contributed by atoms with Gasteiger partial charge in [-0.3, -0.25) is 4.79 Å². The molecule has 0 saturated carbocycles. The summed E-state index contributed by atoms with van der Waals surface area (Å²) in [5.74, 6) is 0.260. The Hall–Kier alpha value is -0.300. The minimum atomic E-state index is 0.0307. The van der Waals surface area contributed by atoms with E-state index in [2.05, 4.69) is 13.8 Å². The normalized spacial score (nSPS) is 30.0. The molecule has 1 rings (SSSR count). The maximum Gasteiger partial charge on any atom is 0.160 e. The van der Waals surface area contributed by atoms with Crippen LogP contribution >= 0.6 is 11.6 Å². The zero-order valence-corrected chi connectivity index (χ0v) is 7.90. The second-order valence-electron chi connectivity index (χ2n) is 3.88. The van der Waals surface area contributed by atoms with Crippen LogP contribution in [0, 0.1) is 11.3 Å². The summed E-state index contributed by atoms with van der Waals surface area (Å²) >= 11 is 5.80. The van der Waals surface area contributed by atoms with E-state index >= 15 is 0 Å². The van der Waals surface area contributed by atoms with Crippen LogP contribution in [0.5, 0.6) is 0 Å². The average molecular weight is 173 g/mol. The first-order chi connectivity index (χ1) is 4.93. The molecule has 0 aromatic heterocycles. The molecule has 1 nitrogen and oxygen atoms in total. The van der Waals surface area contributed by atoms with Gasteiger partial charge in [0.25, 0.3) is 0 Å². The molecule has 0 bridgehead atoms. The highest BCUT2D eigenvalue weighted by atomic mass is 35.5. The summed E-state index contributed by atoms with van der Waals surface area (Å²) in [6.07, 6.45) is 2.37. The lowest BCUT2D eigenvalue weighted by molar-refractivity contribution is -0.121. The summed E-state index contributed by atoms with van der Waals surface area (Å²) < 4.78 is 0. The van der Waals surface area contributed by atoms with Gasteiger partial charge in [0.15, 0.2) is 5.78 Å². The fourth-order valence-electron chi connectivity index (χ4n) is 1.30. The minimum Gasteiger partial charge on any atom is -0.294 e. The van der Waals surface area contributed by atoms with Crippen molar-refractivity contribution in [3.05, 3.63) is 11.1 Å². The van der Waals surface area contributed by atoms with Gasteiger partial charge in [0.2, 0.25) is 0 Å². The average Bonchev–Trinajstić information content (AvgIpc) is 1.81. The maximum absolute atomic E-state index is 11.3. The number of rotatable bonds is 0. The number of ketones is 1. The zero-order valence-electron chi connectivity index (χ0n) is 7.15. The zero-order chi connectivity index (χ0) is 8.65. The second kappa shape index (κ2) is 2.63. The largest absolute Gasteiger partial charge is 0.294 e. The summed E-state index contributed by atoms with van der Waals surface area (Å²) in [5, 5.41) is 0.693. The van der Waals surface area contributed by atoms with Gasteiger partial charge in [-0.15, -0.1) is 0 Å². The SMILES string of the molecule is CC1C(=O)C=C(Cl)CC1(C)C. The molecule has 0 radical (unpaired) electrons. The number of carbonyl (C=O) groups is 1. The van der Waals surface area contributed by atoms with E-state index in [1.807, 2.05) is 6.92 Å². The van der Waals surface area contributed by atoms with Crippen LogP contribution in [0.3, 0.4) is 0 Å². The number of carbonyl (C=O) groups excluding carboxylic acids is 1. The molecule has 0 saturated heterocycles. The van der Waals surface area contributed by atoms with Crippen LogP contribution in [0.4, 0.5) is 0 Å². The fourth-order valence-corrected chi connectivity index (χ4v) is 1.76. The van der Waals surface area contributed by atoms with Gasteiger partial charge in [-0.05, 0) is 17.9 Å². The van der Waals surface area contributed by atoms with Crippen molar-refractivity contribution in [1.82, 2.24) is 0 Å². The molecule has 0 aromatic rings. The van der Waals surface area contributed by atoms with Crippen LogP contribution in [-0.4, -0.2) is 5.78 Å². The lowest BCUT2D eigenvalue weighted by atomic mass is 9.72. The Morgan fingerprint density at radius 1 is 1.64 bits per heavy atom. The minimum absolute atomic E-state index is 0.0307. The van der Waals surface area contributed by atoms with E-state index < -0.39 is 0 Å². The van der Waals surface area contributed by atoms with E-state index in [1.165, 1.54) is 0 Å². The Morgan fingerprint density at radius 3 is 2.64 bits per heavy atom. The van der Waals surface area contributed by atoms with Crippen LogP contribution in [0.25, 0.3) is 0 Å². The maximum atomic E-state index is 11.3. The summed E-state index contributed by atoms with van der Waals surface area (Å²) in [6.45, 7) is 6.11. The number of hydrogen-bond donors (Lipinski definition) is 0. The molecule has 2 heteroatoms. The molecule has 1 aliphatic carbocycles. The first-order valence-corrected chi connectivity index (χ1v) is 4.21. The molecule has 0 amide bonds. The van der Waals surface area contributed by atoms with Crippen molar-refractivity contribution in [2.24, 2.45) is 11.3 Å². The van der Waals surface area contributed by atoms with E-state index in [9.17, 15) is 4.79 Å². The Kier molecular flexibility index (Phi) is 2.10. The second-order valence-corrected chi connectivity index (χ2v) is 4.37. The van der Waals surface area contributed by atoms with Gasteiger partial charge < -0.3 is 0 Å². The smallest absolute Gasteiger partial charge is 0.160 e. The van der Waals surface area contributed by atoms with E-state index in [0.717, 1.165) is 6.42 Å². The molecule has 1 unspecified atom stereocenters. The molecule has 0 aliphatic heterocycles. The van der Waals surface area contributed by atoms with E-state index in [1.54, 1.807) is 6.08 Å². The van der Waals surface area contributed by atoms with Crippen LogP contribution in [0.2, 0.25) is 0 Å². The monoisotopic (exact) mass is 172 g/mol. The van der Waals surface area contributed by atoms with Crippen molar-refractivity contribution in [3.63, 3.8) is 0 Å². The van der Waals surface area contributed by atoms with Crippen molar-refractivity contribution >= 4 is 17.4 Å². The lowest BCUT2D eigenvalue weighted by Crippen LogP contribution is -2.31. The summed E-state index contributed by atoms with van der Waals surface area (Å²) in [5.41, 5.74) is 0.0307. The highest BCUT2D eigenvalue weighted by molar-refractivity contribution is 6.31. The molecule has 62 valence electrons. The van der Waals surface area contributed by atoms with Crippen LogP contribution in [0.1, 0.15) is 27.2 Å². The predicted octanol–water partition coefficient (Wildman–Crippen LogP) is 2.74. The molecular formula is C9H13ClO. The highest BCUT2D eigenvalue weighted by Crippen LogP contribution is 2.39. The van der Waals surface area contributed by atoms with Crippen LogP contribution in [0.15, 0.2) is 11.1 Å².